The molecular formula is C30H28Cl2N2O6S2. The number of carbonyl (C=O) groups is 2. The van der Waals surface area contributed by atoms with Crippen molar-refractivity contribution in [1.82, 2.24) is 0 Å². The molecule has 0 fully saturated rings. The Balaban J connectivity index is 0.000000420. The van der Waals surface area contributed by atoms with E-state index in [1.165, 1.54) is 0 Å². The van der Waals surface area contributed by atoms with E-state index in [0.717, 1.165) is 35.0 Å². The lowest BCUT2D eigenvalue weighted by molar-refractivity contribution is 0.0980. The molecule has 0 aliphatic heterocycles. The highest BCUT2D eigenvalue weighted by molar-refractivity contribution is 8.13. The summed E-state index contributed by atoms with van der Waals surface area (Å²) in [5.41, 5.74) is 6.90. The predicted octanol–water partition coefficient (Wildman–Crippen LogP) is 6.94. The zero-order chi connectivity index (χ0) is 31.2. The van der Waals surface area contributed by atoms with Gasteiger partial charge in [-0.2, -0.15) is 0 Å². The molecule has 0 aromatic heterocycles. The average molecular weight is 648 g/mol. The standard InChI is InChI=1S/C28H22N2O2.2CH3ClO2S/c1-17-7-11-19(12-8-17)29-23-15-16-24(30-20-13-9-18(2)10-14-20)26-25(23)27(31)21-5-3-4-6-22(21)28(26)32;2*1-5(2,3)4/h3-16,29-30H,1-2H3;2*1H3. The van der Waals surface area contributed by atoms with E-state index in [2.05, 4.69) is 32.0 Å². The van der Waals surface area contributed by atoms with Crippen molar-refractivity contribution >= 4 is 73.8 Å². The maximum Gasteiger partial charge on any atom is 0.229 e. The molecule has 4 aromatic rings. The van der Waals surface area contributed by atoms with E-state index < -0.39 is 18.1 Å². The number of ketones is 2. The van der Waals surface area contributed by atoms with Crippen LogP contribution in [0.5, 0.6) is 0 Å². The first-order chi connectivity index (χ1) is 19.5. The Bertz CT molecular complexity index is 1690. The Morgan fingerprint density at radius 2 is 0.810 bits per heavy atom. The molecule has 0 saturated carbocycles. The zero-order valence-electron chi connectivity index (χ0n) is 23.1. The molecule has 0 radical (unpaired) electrons. The summed E-state index contributed by atoms with van der Waals surface area (Å²) in [7, 11) is 2.62. The summed E-state index contributed by atoms with van der Waals surface area (Å²) in [6.45, 7) is 4.05. The topological polar surface area (TPSA) is 126 Å². The van der Waals surface area contributed by atoms with Gasteiger partial charge in [0.05, 0.1) is 35.0 Å². The molecule has 0 amide bonds. The van der Waals surface area contributed by atoms with Gasteiger partial charge >= 0.3 is 0 Å². The molecule has 4 aromatic carbocycles. The first-order valence-corrected chi connectivity index (χ1v) is 17.8. The van der Waals surface area contributed by atoms with Crippen LogP contribution in [-0.4, -0.2) is 40.9 Å². The largest absolute Gasteiger partial charge is 0.355 e. The SMILES string of the molecule is CS(=O)(=O)Cl.CS(=O)(=O)Cl.Cc1ccc(Nc2ccc(Nc3ccc(C)cc3)c3c2C(=O)c2ccccc2C3=O)cc1. The fourth-order valence-corrected chi connectivity index (χ4v) is 4.02. The van der Waals surface area contributed by atoms with Gasteiger partial charge in [0.1, 0.15) is 0 Å². The first-order valence-electron chi connectivity index (χ1n) is 12.3. The Hall–Kier alpha value is -3.70. The van der Waals surface area contributed by atoms with E-state index in [-0.39, 0.29) is 11.6 Å². The third-order valence-corrected chi connectivity index (χ3v) is 5.74. The van der Waals surface area contributed by atoms with Crippen LogP contribution >= 0.6 is 21.4 Å². The maximum atomic E-state index is 13.5. The highest BCUT2D eigenvalue weighted by atomic mass is 35.7. The van der Waals surface area contributed by atoms with Gasteiger partial charge < -0.3 is 10.6 Å². The molecule has 220 valence electrons. The second-order valence-corrected chi connectivity index (χ2v) is 15.6. The number of benzene rings is 4. The summed E-state index contributed by atoms with van der Waals surface area (Å²) in [5, 5.41) is 6.68. The van der Waals surface area contributed by atoms with Crippen LogP contribution in [0.25, 0.3) is 0 Å². The molecule has 5 rings (SSSR count). The Morgan fingerprint density at radius 1 is 0.524 bits per heavy atom. The lowest BCUT2D eigenvalue weighted by atomic mass is 9.82. The van der Waals surface area contributed by atoms with Crippen molar-refractivity contribution in [2.45, 2.75) is 13.8 Å². The van der Waals surface area contributed by atoms with Crippen LogP contribution in [-0.2, 0) is 18.1 Å². The van der Waals surface area contributed by atoms with Crippen LogP contribution in [0.2, 0.25) is 0 Å². The quantitative estimate of drug-likeness (QED) is 0.201. The Labute approximate surface area is 254 Å². The molecule has 0 spiro atoms. The number of hydrogen-bond donors (Lipinski definition) is 2. The van der Waals surface area contributed by atoms with E-state index >= 15 is 0 Å². The third-order valence-electron chi connectivity index (χ3n) is 5.74. The molecule has 42 heavy (non-hydrogen) atoms. The average Bonchev–Trinajstić information content (AvgIpc) is 2.88. The van der Waals surface area contributed by atoms with Crippen LogP contribution in [0, 0.1) is 13.8 Å². The van der Waals surface area contributed by atoms with Crippen LogP contribution in [0.1, 0.15) is 43.0 Å². The normalized spacial score (nSPS) is 12.0. The van der Waals surface area contributed by atoms with Gasteiger partial charge in [-0.25, -0.2) is 16.8 Å². The third kappa shape index (κ3) is 9.70. The molecule has 0 saturated heterocycles. The van der Waals surface area contributed by atoms with Crippen molar-refractivity contribution in [3.8, 4) is 0 Å². The molecular weight excluding hydrogens is 619 g/mol. The zero-order valence-corrected chi connectivity index (χ0v) is 26.2. The van der Waals surface area contributed by atoms with Crippen molar-refractivity contribution in [2.24, 2.45) is 0 Å². The molecule has 1 aliphatic carbocycles. The van der Waals surface area contributed by atoms with Crippen molar-refractivity contribution < 1.29 is 26.4 Å². The molecule has 0 heterocycles. The number of rotatable bonds is 4. The van der Waals surface area contributed by atoms with Crippen molar-refractivity contribution in [2.75, 3.05) is 23.1 Å². The van der Waals surface area contributed by atoms with Gasteiger partial charge in [0.25, 0.3) is 0 Å². The predicted molar refractivity (Wildman–Crippen MR) is 170 cm³/mol. The molecule has 12 heteroatoms. The highest BCUT2D eigenvalue weighted by Gasteiger charge is 2.34. The number of nitrogens with one attached hydrogen (secondary N) is 2. The van der Waals surface area contributed by atoms with Crippen LogP contribution in [0.3, 0.4) is 0 Å². The molecule has 0 unspecified atom stereocenters. The lowest BCUT2D eigenvalue weighted by Crippen LogP contribution is -2.23. The molecule has 1 aliphatic rings. The number of carbonyl (C=O) groups excluding carboxylic acids is 2. The van der Waals surface area contributed by atoms with E-state index in [9.17, 15) is 26.4 Å². The first kappa shape index (κ1) is 32.8. The van der Waals surface area contributed by atoms with Gasteiger partial charge in [-0.1, -0.05) is 59.7 Å². The molecule has 0 bridgehead atoms. The Morgan fingerprint density at radius 3 is 1.10 bits per heavy atom. The lowest BCUT2D eigenvalue weighted by Gasteiger charge is -2.24. The van der Waals surface area contributed by atoms with Crippen molar-refractivity contribution in [3.63, 3.8) is 0 Å². The van der Waals surface area contributed by atoms with Gasteiger partial charge in [-0.15, -0.1) is 0 Å². The van der Waals surface area contributed by atoms with E-state index in [4.69, 9.17) is 0 Å². The summed E-state index contributed by atoms with van der Waals surface area (Å²) in [6.07, 6.45) is 1.85. The summed E-state index contributed by atoms with van der Waals surface area (Å²) in [4.78, 5) is 27.1. The van der Waals surface area contributed by atoms with Gasteiger partial charge in [0.2, 0.25) is 18.1 Å². The minimum absolute atomic E-state index is 0.155. The molecule has 2 N–H and O–H groups in total. The number of halogens is 2. The van der Waals surface area contributed by atoms with E-state index in [1.54, 1.807) is 24.3 Å². The minimum atomic E-state index is -3.19. The second-order valence-electron chi connectivity index (χ2n) is 9.46. The molecule has 0 atom stereocenters. The van der Waals surface area contributed by atoms with E-state index in [1.807, 2.05) is 74.5 Å². The monoisotopic (exact) mass is 646 g/mol. The van der Waals surface area contributed by atoms with Crippen LogP contribution in [0.15, 0.2) is 84.9 Å². The van der Waals surface area contributed by atoms with Gasteiger partial charge in [0, 0.05) is 43.9 Å². The highest BCUT2D eigenvalue weighted by Crippen LogP contribution is 2.38. The number of aryl methyl sites for hydroxylation is 2. The summed E-state index contributed by atoms with van der Waals surface area (Å²) >= 11 is 0. The van der Waals surface area contributed by atoms with Crippen molar-refractivity contribution in [3.05, 3.63) is 118 Å². The molecule has 8 nitrogen and oxygen atoms in total. The van der Waals surface area contributed by atoms with Gasteiger partial charge in [-0.05, 0) is 50.2 Å². The van der Waals surface area contributed by atoms with Crippen LogP contribution < -0.4 is 10.6 Å². The number of hydrogen-bond acceptors (Lipinski definition) is 8. The van der Waals surface area contributed by atoms with Gasteiger partial charge in [0.15, 0.2) is 11.6 Å². The summed E-state index contributed by atoms with van der Waals surface area (Å²) in [6, 6.07) is 26.6. The smallest absolute Gasteiger partial charge is 0.229 e. The van der Waals surface area contributed by atoms with Crippen molar-refractivity contribution in [1.29, 1.82) is 0 Å². The Kier molecular flexibility index (Phi) is 10.6. The fraction of sp³-hybridized carbons (Fsp3) is 0.133. The second kappa shape index (κ2) is 13.5. The van der Waals surface area contributed by atoms with Gasteiger partial charge in [-0.3, -0.25) is 9.59 Å². The number of fused-ring (bicyclic) bond motifs is 2. The van der Waals surface area contributed by atoms with Crippen LogP contribution in [0.4, 0.5) is 22.7 Å². The summed E-state index contributed by atoms with van der Waals surface area (Å²) < 4.78 is 37.6. The van der Waals surface area contributed by atoms with E-state index in [0.29, 0.717) is 33.6 Å². The number of anilines is 4. The fourth-order valence-electron chi connectivity index (χ4n) is 4.02. The minimum Gasteiger partial charge on any atom is -0.355 e. The maximum absolute atomic E-state index is 13.5. The summed E-state index contributed by atoms with van der Waals surface area (Å²) in [5.74, 6) is -0.310.